The maximum absolute atomic E-state index is 5.76. The highest BCUT2D eigenvalue weighted by Crippen LogP contribution is 2.30. The summed E-state index contributed by atoms with van der Waals surface area (Å²) in [5.41, 5.74) is 1.12. The summed E-state index contributed by atoms with van der Waals surface area (Å²) < 4.78 is 16.8. The van der Waals surface area contributed by atoms with E-state index in [1.807, 2.05) is 12.1 Å². The Morgan fingerprint density at radius 2 is 1.89 bits per heavy atom. The highest BCUT2D eigenvalue weighted by molar-refractivity contribution is 5.79. The molecule has 1 aromatic rings. The third kappa shape index (κ3) is 6.59. The van der Waals surface area contributed by atoms with Crippen LogP contribution in [-0.4, -0.2) is 70.0 Å². The minimum atomic E-state index is 0.607. The normalized spacial score (nSPS) is 18.0. The third-order valence-electron chi connectivity index (χ3n) is 4.62. The molecule has 1 aromatic carbocycles. The van der Waals surface area contributed by atoms with E-state index in [1.54, 1.807) is 0 Å². The van der Waals surface area contributed by atoms with Crippen LogP contribution in [0, 0.1) is 0 Å². The van der Waals surface area contributed by atoms with Crippen molar-refractivity contribution in [2.75, 3.05) is 59.2 Å². The molecule has 0 bridgehead atoms. The van der Waals surface area contributed by atoms with Crippen molar-refractivity contribution in [3.63, 3.8) is 0 Å². The van der Waals surface area contributed by atoms with Crippen molar-refractivity contribution in [1.29, 1.82) is 0 Å². The van der Waals surface area contributed by atoms with Crippen LogP contribution in [-0.2, 0) is 11.3 Å². The van der Waals surface area contributed by atoms with Crippen molar-refractivity contribution in [1.82, 2.24) is 15.5 Å². The van der Waals surface area contributed by atoms with Crippen LogP contribution in [0.3, 0.4) is 0 Å². The number of nitrogens with zero attached hydrogens (tertiary/aromatic N) is 2. The molecule has 1 fully saturated rings. The zero-order chi connectivity index (χ0) is 18.7. The maximum atomic E-state index is 5.76. The fraction of sp³-hybridized carbons (Fsp3) is 0.650. The largest absolute Gasteiger partial charge is 0.490 e. The summed E-state index contributed by atoms with van der Waals surface area (Å²) in [6, 6.07) is 6.07. The highest BCUT2D eigenvalue weighted by Gasteiger charge is 2.11. The quantitative estimate of drug-likeness (QED) is 0.428. The second-order valence-electron chi connectivity index (χ2n) is 6.76. The number of rotatable bonds is 7. The molecule has 0 aromatic heterocycles. The molecule has 2 aliphatic rings. The SMILES string of the molecule is CCNC(=NCc1ccc2c(c1)OCCCO2)NCCCN1CCOCC1. The number of fused-ring (bicyclic) bond motifs is 1. The molecule has 27 heavy (non-hydrogen) atoms. The summed E-state index contributed by atoms with van der Waals surface area (Å²) in [7, 11) is 0. The zero-order valence-corrected chi connectivity index (χ0v) is 16.3. The van der Waals surface area contributed by atoms with Crippen LogP contribution in [0.1, 0.15) is 25.3 Å². The second-order valence-corrected chi connectivity index (χ2v) is 6.76. The summed E-state index contributed by atoms with van der Waals surface area (Å²) in [6.07, 6.45) is 2.01. The first-order valence-electron chi connectivity index (χ1n) is 10.1. The number of aliphatic imine (C=N–C) groups is 1. The van der Waals surface area contributed by atoms with Gasteiger partial charge in [-0.25, -0.2) is 4.99 Å². The summed E-state index contributed by atoms with van der Waals surface area (Å²) in [5.74, 6) is 2.50. The van der Waals surface area contributed by atoms with Crippen LogP contribution in [0.25, 0.3) is 0 Å². The number of hydrogen-bond donors (Lipinski definition) is 2. The van der Waals surface area contributed by atoms with Gasteiger partial charge >= 0.3 is 0 Å². The van der Waals surface area contributed by atoms with Crippen LogP contribution in [0.4, 0.5) is 0 Å². The molecule has 0 saturated carbocycles. The van der Waals surface area contributed by atoms with Gasteiger partial charge < -0.3 is 24.8 Å². The summed E-state index contributed by atoms with van der Waals surface area (Å²) in [5, 5.41) is 6.74. The van der Waals surface area contributed by atoms with Gasteiger partial charge in [0, 0.05) is 32.6 Å². The van der Waals surface area contributed by atoms with Gasteiger partial charge in [0.25, 0.3) is 0 Å². The van der Waals surface area contributed by atoms with Crippen LogP contribution in [0.15, 0.2) is 23.2 Å². The molecule has 7 nitrogen and oxygen atoms in total. The lowest BCUT2D eigenvalue weighted by Gasteiger charge is -2.26. The minimum Gasteiger partial charge on any atom is -0.490 e. The van der Waals surface area contributed by atoms with Gasteiger partial charge in [-0.1, -0.05) is 6.07 Å². The summed E-state index contributed by atoms with van der Waals surface area (Å²) in [6.45, 7) is 10.7. The van der Waals surface area contributed by atoms with E-state index >= 15 is 0 Å². The van der Waals surface area contributed by atoms with Crippen LogP contribution in [0.2, 0.25) is 0 Å². The average Bonchev–Trinajstić information content (AvgIpc) is 2.95. The van der Waals surface area contributed by atoms with Gasteiger partial charge in [0.05, 0.1) is 33.0 Å². The van der Waals surface area contributed by atoms with Gasteiger partial charge in [-0.15, -0.1) is 0 Å². The Kier molecular flexibility index (Phi) is 8.04. The molecule has 0 atom stereocenters. The molecule has 1 saturated heterocycles. The maximum Gasteiger partial charge on any atom is 0.191 e. The van der Waals surface area contributed by atoms with Gasteiger partial charge in [0.1, 0.15) is 0 Å². The molecule has 0 amide bonds. The first-order chi connectivity index (χ1) is 13.3. The van der Waals surface area contributed by atoms with Gasteiger partial charge in [-0.2, -0.15) is 0 Å². The lowest BCUT2D eigenvalue weighted by atomic mass is 10.2. The van der Waals surface area contributed by atoms with Crippen molar-refractivity contribution in [3.8, 4) is 11.5 Å². The molecular weight excluding hydrogens is 344 g/mol. The smallest absolute Gasteiger partial charge is 0.191 e. The molecule has 0 unspecified atom stereocenters. The average molecular weight is 377 g/mol. The van der Waals surface area contributed by atoms with Gasteiger partial charge in [-0.05, 0) is 37.6 Å². The first kappa shape index (κ1) is 19.8. The topological polar surface area (TPSA) is 67.4 Å². The first-order valence-corrected chi connectivity index (χ1v) is 10.1. The van der Waals surface area contributed by atoms with Crippen molar-refractivity contribution < 1.29 is 14.2 Å². The minimum absolute atomic E-state index is 0.607. The predicted molar refractivity (Wildman–Crippen MR) is 107 cm³/mol. The fourth-order valence-corrected chi connectivity index (χ4v) is 3.15. The Labute approximate surface area is 162 Å². The van der Waals surface area contributed by atoms with Crippen molar-refractivity contribution >= 4 is 5.96 Å². The lowest BCUT2D eigenvalue weighted by Crippen LogP contribution is -2.40. The van der Waals surface area contributed by atoms with E-state index in [0.717, 1.165) is 81.8 Å². The molecule has 2 N–H and O–H groups in total. The summed E-state index contributed by atoms with van der Waals surface area (Å²) in [4.78, 5) is 7.16. The number of guanidine groups is 1. The molecule has 0 spiro atoms. The molecule has 0 radical (unpaired) electrons. The number of benzene rings is 1. The van der Waals surface area contributed by atoms with Crippen molar-refractivity contribution in [3.05, 3.63) is 23.8 Å². The zero-order valence-electron chi connectivity index (χ0n) is 16.3. The standard InChI is InChI=1S/C20H32N4O3/c1-2-21-20(22-7-3-8-24-9-13-25-14-10-24)23-16-17-5-6-18-19(15-17)27-12-4-11-26-18/h5-6,15H,2-4,7-14,16H2,1H3,(H2,21,22,23). The lowest BCUT2D eigenvalue weighted by molar-refractivity contribution is 0.0376. The predicted octanol–water partition coefficient (Wildman–Crippen LogP) is 1.63. The molecule has 7 heteroatoms. The van der Waals surface area contributed by atoms with Crippen LogP contribution < -0.4 is 20.1 Å². The highest BCUT2D eigenvalue weighted by atomic mass is 16.5. The second kappa shape index (κ2) is 11.0. The molecule has 2 heterocycles. The fourth-order valence-electron chi connectivity index (χ4n) is 3.15. The van der Waals surface area contributed by atoms with Gasteiger partial charge in [-0.3, -0.25) is 4.90 Å². The van der Waals surface area contributed by atoms with E-state index < -0.39 is 0 Å². The van der Waals surface area contributed by atoms with E-state index in [1.165, 1.54) is 0 Å². The Morgan fingerprint density at radius 1 is 1.07 bits per heavy atom. The monoisotopic (exact) mass is 376 g/mol. The van der Waals surface area contributed by atoms with E-state index in [-0.39, 0.29) is 0 Å². The van der Waals surface area contributed by atoms with Gasteiger partial charge in [0.2, 0.25) is 0 Å². The van der Waals surface area contributed by atoms with Crippen LogP contribution in [0.5, 0.6) is 11.5 Å². The van der Waals surface area contributed by atoms with Crippen molar-refractivity contribution in [2.24, 2.45) is 4.99 Å². The Hall–Kier alpha value is -1.99. The number of ether oxygens (including phenoxy) is 3. The van der Waals surface area contributed by atoms with E-state index in [2.05, 4.69) is 28.5 Å². The Balaban J connectivity index is 1.47. The molecule has 3 rings (SSSR count). The summed E-state index contributed by atoms with van der Waals surface area (Å²) >= 11 is 0. The number of morpholine rings is 1. The van der Waals surface area contributed by atoms with Gasteiger partial charge in [0.15, 0.2) is 17.5 Å². The van der Waals surface area contributed by atoms with E-state index in [9.17, 15) is 0 Å². The Bertz CT molecular complexity index is 603. The number of nitrogens with one attached hydrogen (secondary N) is 2. The van der Waals surface area contributed by atoms with Crippen LogP contribution >= 0.6 is 0 Å². The van der Waals surface area contributed by atoms with E-state index in [4.69, 9.17) is 19.2 Å². The molecular formula is C20H32N4O3. The third-order valence-corrected chi connectivity index (χ3v) is 4.62. The number of hydrogen-bond acceptors (Lipinski definition) is 5. The molecule has 150 valence electrons. The molecule has 0 aliphatic carbocycles. The Morgan fingerprint density at radius 3 is 2.70 bits per heavy atom. The molecule has 2 aliphatic heterocycles. The van der Waals surface area contributed by atoms with Crippen molar-refractivity contribution in [2.45, 2.75) is 26.3 Å². The van der Waals surface area contributed by atoms with E-state index in [0.29, 0.717) is 19.8 Å².